The molecule has 2 aromatic heterocycles. The van der Waals surface area contributed by atoms with E-state index in [1.165, 1.54) is 33.3 Å². The lowest BCUT2D eigenvalue weighted by atomic mass is 9.87. The Morgan fingerprint density at radius 2 is 1.84 bits per heavy atom. The Balaban J connectivity index is 1.66. The molecule has 0 radical (unpaired) electrons. The van der Waals surface area contributed by atoms with Gasteiger partial charge in [0.1, 0.15) is 0 Å². The molecule has 0 saturated carbocycles. The molecular formula is C26H33N3O2. The molecule has 0 aliphatic carbocycles. The third kappa shape index (κ3) is 4.38. The lowest BCUT2D eigenvalue weighted by Gasteiger charge is -2.32. The van der Waals surface area contributed by atoms with Gasteiger partial charge in [-0.25, -0.2) is 0 Å². The number of benzene rings is 1. The Morgan fingerprint density at radius 1 is 1.16 bits per heavy atom. The summed E-state index contributed by atoms with van der Waals surface area (Å²) in [4.78, 5) is 22.2. The van der Waals surface area contributed by atoms with Crippen molar-refractivity contribution in [2.24, 2.45) is 0 Å². The summed E-state index contributed by atoms with van der Waals surface area (Å²) in [5.74, 6) is 0.925. The van der Waals surface area contributed by atoms with Gasteiger partial charge in [-0.2, -0.15) is 0 Å². The van der Waals surface area contributed by atoms with Gasteiger partial charge in [0.15, 0.2) is 0 Å². The molecule has 0 bridgehead atoms. The second-order valence-electron chi connectivity index (χ2n) is 9.14. The van der Waals surface area contributed by atoms with Gasteiger partial charge in [0.05, 0.1) is 12.3 Å². The number of pyridine rings is 1. The number of nitrogens with one attached hydrogen (secondary N) is 1. The number of aliphatic hydroxyl groups is 1. The third-order valence-corrected chi connectivity index (χ3v) is 6.46. The van der Waals surface area contributed by atoms with E-state index < -0.39 is 0 Å². The number of aliphatic hydroxyl groups excluding tert-OH is 1. The molecule has 31 heavy (non-hydrogen) atoms. The molecule has 1 aromatic carbocycles. The number of aromatic nitrogens is 2. The van der Waals surface area contributed by atoms with Gasteiger partial charge in [0.2, 0.25) is 5.91 Å². The molecule has 0 unspecified atom stereocenters. The molecule has 1 aliphatic rings. The zero-order valence-electron chi connectivity index (χ0n) is 19.0. The SMILES string of the molecule is Cc1cc(-c2[nH]c3ccc(C4CCN(C(=O)CCO)CC4)cc3c2C(C)C)cc(C)n1. The van der Waals surface area contributed by atoms with Gasteiger partial charge >= 0.3 is 0 Å². The van der Waals surface area contributed by atoms with Gasteiger partial charge in [-0.05, 0) is 73.9 Å². The molecule has 1 saturated heterocycles. The van der Waals surface area contributed by atoms with Crippen molar-refractivity contribution in [1.29, 1.82) is 0 Å². The van der Waals surface area contributed by atoms with E-state index in [0.717, 1.165) is 37.3 Å². The number of amides is 1. The number of hydrogen-bond acceptors (Lipinski definition) is 3. The molecule has 3 aromatic rings. The van der Waals surface area contributed by atoms with Crippen molar-refractivity contribution in [2.75, 3.05) is 19.7 Å². The monoisotopic (exact) mass is 419 g/mol. The van der Waals surface area contributed by atoms with E-state index in [1.54, 1.807) is 0 Å². The predicted octanol–water partition coefficient (Wildman–Crippen LogP) is 5.06. The molecule has 1 aliphatic heterocycles. The average Bonchev–Trinajstić information content (AvgIpc) is 3.12. The molecular weight excluding hydrogens is 386 g/mol. The minimum absolute atomic E-state index is 0.0664. The van der Waals surface area contributed by atoms with Crippen LogP contribution in [0.15, 0.2) is 30.3 Å². The molecule has 5 nitrogen and oxygen atoms in total. The molecule has 164 valence electrons. The predicted molar refractivity (Wildman–Crippen MR) is 125 cm³/mol. The lowest BCUT2D eigenvalue weighted by Crippen LogP contribution is -2.38. The van der Waals surface area contributed by atoms with Crippen molar-refractivity contribution in [3.63, 3.8) is 0 Å². The molecule has 1 amide bonds. The van der Waals surface area contributed by atoms with E-state index in [2.05, 4.69) is 54.1 Å². The van der Waals surface area contributed by atoms with Crippen LogP contribution < -0.4 is 0 Å². The fourth-order valence-corrected chi connectivity index (χ4v) is 5.01. The fraction of sp³-hybridized carbons (Fsp3) is 0.462. The van der Waals surface area contributed by atoms with Gasteiger partial charge in [0, 0.05) is 47.4 Å². The standard InChI is InChI=1S/C26H33N3O2/c1-16(2)25-22-15-20(19-7-10-29(11-8-19)24(31)9-12-30)5-6-23(22)28-26(25)21-13-17(3)27-18(4)14-21/h5-6,13-16,19,28,30H,7-12H2,1-4H3. The van der Waals surface area contributed by atoms with Crippen LogP contribution in [0.3, 0.4) is 0 Å². The summed E-state index contributed by atoms with van der Waals surface area (Å²) in [6.07, 6.45) is 2.17. The maximum atomic E-state index is 12.1. The highest BCUT2D eigenvalue weighted by Crippen LogP contribution is 2.38. The summed E-state index contributed by atoms with van der Waals surface area (Å²) in [7, 11) is 0. The second kappa shape index (κ2) is 8.83. The zero-order valence-corrected chi connectivity index (χ0v) is 19.0. The number of aryl methyl sites for hydroxylation is 2. The maximum absolute atomic E-state index is 12.1. The lowest BCUT2D eigenvalue weighted by molar-refractivity contribution is -0.132. The summed E-state index contributed by atoms with van der Waals surface area (Å²) in [5.41, 5.74) is 8.35. The molecule has 3 heterocycles. The number of carbonyl (C=O) groups is 1. The molecule has 2 N–H and O–H groups in total. The Kier molecular flexibility index (Phi) is 6.15. The third-order valence-electron chi connectivity index (χ3n) is 6.46. The quantitative estimate of drug-likeness (QED) is 0.607. The molecule has 0 atom stereocenters. The Morgan fingerprint density at radius 3 is 2.45 bits per heavy atom. The first kappa shape index (κ1) is 21.6. The summed E-state index contributed by atoms with van der Waals surface area (Å²) in [6, 6.07) is 11.1. The average molecular weight is 420 g/mol. The summed E-state index contributed by atoms with van der Waals surface area (Å²) in [5, 5.41) is 10.3. The van der Waals surface area contributed by atoms with Gasteiger partial charge in [-0.1, -0.05) is 19.9 Å². The first-order chi connectivity index (χ1) is 14.9. The normalized spacial score (nSPS) is 15.2. The minimum atomic E-state index is -0.0697. The number of hydrogen-bond donors (Lipinski definition) is 2. The Bertz CT molecular complexity index is 1070. The van der Waals surface area contributed by atoms with Crippen LogP contribution in [0.4, 0.5) is 0 Å². The van der Waals surface area contributed by atoms with Gasteiger partial charge in [-0.15, -0.1) is 0 Å². The van der Waals surface area contributed by atoms with Crippen LogP contribution in [0.1, 0.15) is 67.5 Å². The number of carbonyl (C=O) groups excluding carboxylic acids is 1. The van der Waals surface area contributed by atoms with Crippen LogP contribution in [-0.2, 0) is 4.79 Å². The highest BCUT2D eigenvalue weighted by Gasteiger charge is 2.25. The van der Waals surface area contributed by atoms with Crippen molar-refractivity contribution in [1.82, 2.24) is 14.9 Å². The van der Waals surface area contributed by atoms with Crippen LogP contribution in [0.25, 0.3) is 22.2 Å². The van der Waals surface area contributed by atoms with Gasteiger partial charge in [0.25, 0.3) is 0 Å². The van der Waals surface area contributed by atoms with Crippen molar-refractivity contribution in [2.45, 2.75) is 58.8 Å². The van der Waals surface area contributed by atoms with Crippen molar-refractivity contribution in [3.8, 4) is 11.3 Å². The minimum Gasteiger partial charge on any atom is -0.396 e. The van der Waals surface area contributed by atoms with E-state index in [1.807, 2.05) is 18.7 Å². The largest absolute Gasteiger partial charge is 0.396 e. The zero-order chi connectivity index (χ0) is 22.1. The van der Waals surface area contributed by atoms with Crippen molar-refractivity contribution >= 4 is 16.8 Å². The van der Waals surface area contributed by atoms with E-state index in [-0.39, 0.29) is 18.9 Å². The number of fused-ring (bicyclic) bond motifs is 1. The number of rotatable bonds is 5. The molecule has 0 spiro atoms. The van der Waals surface area contributed by atoms with Crippen molar-refractivity contribution < 1.29 is 9.90 Å². The molecule has 5 heteroatoms. The number of nitrogens with zero attached hydrogens (tertiary/aromatic N) is 2. The summed E-state index contributed by atoms with van der Waals surface area (Å²) in [6.45, 7) is 10.1. The molecule has 1 fully saturated rings. The summed E-state index contributed by atoms with van der Waals surface area (Å²) >= 11 is 0. The number of piperidine rings is 1. The van der Waals surface area contributed by atoms with Crippen LogP contribution >= 0.6 is 0 Å². The van der Waals surface area contributed by atoms with E-state index in [9.17, 15) is 4.79 Å². The second-order valence-corrected chi connectivity index (χ2v) is 9.14. The Labute approximate surface area is 184 Å². The van der Waals surface area contributed by atoms with Crippen LogP contribution in [-0.4, -0.2) is 45.6 Å². The number of likely N-dealkylation sites (tertiary alicyclic amines) is 1. The number of aromatic amines is 1. The summed E-state index contributed by atoms with van der Waals surface area (Å²) < 4.78 is 0. The highest BCUT2D eigenvalue weighted by atomic mass is 16.3. The van der Waals surface area contributed by atoms with Crippen LogP contribution in [0.5, 0.6) is 0 Å². The van der Waals surface area contributed by atoms with Gasteiger partial charge in [-0.3, -0.25) is 9.78 Å². The van der Waals surface area contributed by atoms with E-state index in [0.29, 0.717) is 11.8 Å². The van der Waals surface area contributed by atoms with Crippen molar-refractivity contribution in [3.05, 3.63) is 52.8 Å². The number of H-pyrrole nitrogens is 1. The van der Waals surface area contributed by atoms with Crippen LogP contribution in [0, 0.1) is 13.8 Å². The first-order valence-corrected chi connectivity index (χ1v) is 11.4. The van der Waals surface area contributed by atoms with E-state index >= 15 is 0 Å². The molecule has 4 rings (SSSR count). The fourth-order valence-electron chi connectivity index (χ4n) is 5.01. The smallest absolute Gasteiger partial charge is 0.224 e. The topological polar surface area (TPSA) is 69.2 Å². The van der Waals surface area contributed by atoms with E-state index in [4.69, 9.17) is 5.11 Å². The maximum Gasteiger partial charge on any atom is 0.224 e. The first-order valence-electron chi connectivity index (χ1n) is 11.4. The van der Waals surface area contributed by atoms with Gasteiger partial charge < -0.3 is 15.0 Å². The Hall–Kier alpha value is -2.66. The highest BCUT2D eigenvalue weighted by molar-refractivity contribution is 5.92. The van der Waals surface area contributed by atoms with Crippen LogP contribution in [0.2, 0.25) is 0 Å².